The van der Waals surface area contributed by atoms with E-state index >= 15 is 0 Å². The summed E-state index contributed by atoms with van der Waals surface area (Å²) in [6.07, 6.45) is 0.505. The van der Waals surface area contributed by atoms with Gasteiger partial charge in [0.25, 0.3) is 5.56 Å². The van der Waals surface area contributed by atoms with Crippen molar-refractivity contribution < 1.29 is 8.78 Å². The summed E-state index contributed by atoms with van der Waals surface area (Å²) in [7, 11) is 0. The zero-order chi connectivity index (χ0) is 24.1. The lowest BCUT2D eigenvalue weighted by atomic mass is 10.00. The fourth-order valence-corrected chi connectivity index (χ4v) is 4.31. The molecule has 5 rings (SSSR count). The number of hydrogen-bond acceptors (Lipinski definition) is 8. The highest BCUT2D eigenvalue weighted by Gasteiger charge is 2.37. The van der Waals surface area contributed by atoms with Crippen LogP contribution in [0.25, 0.3) is 16.6 Å². The molecule has 170 valence electrons. The summed E-state index contributed by atoms with van der Waals surface area (Å²) in [6.45, 7) is 0.441. The molecule has 3 heterocycles. The molecule has 0 aliphatic carbocycles. The van der Waals surface area contributed by atoms with E-state index in [1.54, 1.807) is 17.0 Å². The van der Waals surface area contributed by atoms with Crippen molar-refractivity contribution in [1.82, 2.24) is 19.5 Å². The average Bonchev–Trinajstić information content (AvgIpc) is 2.72. The van der Waals surface area contributed by atoms with Crippen molar-refractivity contribution in [3.63, 3.8) is 0 Å². The molecule has 0 bridgehead atoms. The number of nitriles is 1. The second kappa shape index (κ2) is 7.93. The van der Waals surface area contributed by atoms with Crippen LogP contribution >= 0.6 is 11.6 Å². The van der Waals surface area contributed by atoms with Crippen LogP contribution in [0, 0.1) is 23.0 Å². The van der Waals surface area contributed by atoms with E-state index in [1.165, 1.54) is 6.07 Å². The van der Waals surface area contributed by atoms with E-state index in [9.17, 15) is 18.8 Å². The molecule has 0 amide bonds. The number of halogens is 3. The summed E-state index contributed by atoms with van der Waals surface area (Å²) in [5.74, 6) is -1.56. The van der Waals surface area contributed by atoms with Gasteiger partial charge in [0.15, 0.2) is 5.82 Å². The van der Waals surface area contributed by atoms with Crippen LogP contribution < -0.4 is 21.9 Å². The Morgan fingerprint density at radius 2 is 1.85 bits per heavy atom. The summed E-state index contributed by atoms with van der Waals surface area (Å²) in [5, 5.41) is 9.84. The fourth-order valence-electron chi connectivity index (χ4n) is 4.06. The lowest BCUT2D eigenvalue weighted by molar-refractivity contribution is 0.431. The van der Waals surface area contributed by atoms with Crippen molar-refractivity contribution in [2.24, 2.45) is 0 Å². The molecule has 1 atom stereocenters. The van der Waals surface area contributed by atoms with Gasteiger partial charge in [-0.05, 0) is 30.7 Å². The van der Waals surface area contributed by atoms with Gasteiger partial charge in [-0.2, -0.15) is 15.2 Å². The Morgan fingerprint density at radius 3 is 2.50 bits per heavy atom. The van der Waals surface area contributed by atoms with E-state index in [-0.39, 0.29) is 45.1 Å². The predicted molar refractivity (Wildman–Crippen MR) is 123 cm³/mol. The summed E-state index contributed by atoms with van der Waals surface area (Å²) in [5.41, 5.74) is 11.3. The normalized spacial score (nSPS) is 15.2. The molecule has 4 N–H and O–H groups in total. The molecule has 1 aliphatic rings. The van der Waals surface area contributed by atoms with E-state index in [0.717, 1.165) is 16.7 Å². The van der Waals surface area contributed by atoms with E-state index in [1.807, 2.05) is 6.07 Å². The zero-order valence-corrected chi connectivity index (χ0v) is 18.1. The van der Waals surface area contributed by atoms with Crippen LogP contribution in [0.5, 0.6) is 0 Å². The van der Waals surface area contributed by atoms with E-state index < -0.39 is 23.2 Å². The summed E-state index contributed by atoms with van der Waals surface area (Å²) >= 11 is 6.27. The Balaban J connectivity index is 1.78. The van der Waals surface area contributed by atoms with E-state index in [2.05, 4.69) is 15.0 Å². The topological polar surface area (TPSA) is 140 Å². The molecule has 2 aromatic carbocycles. The molecule has 0 saturated carbocycles. The number of hydrogen-bond donors (Lipinski definition) is 2. The first-order chi connectivity index (χ1) is 16.3. The van der Waals surface area contributed by atoms with Crippen LogP contribution in [0.2, 0.25) is 5.02 Å². The molecule has 1 aliphatic heterocycles. The third kappa shape index (κ3) is 3.36. The molecule has 1 saturated heterocycles. The van der Waals surface area contributed by atoms with Gasteiger partial charge in [0.2, 0.25) is 5.95 Å². The first kappa shape index (κ1) is 21.5. The number of nitrogen functional groups attached to an aromatic ring is 2. The monoisotopic (exact) mass is 480 g/mol. The SMILES string of the molecule is N#Cc1c(N)nc(N)nc1N1CC[C@H]1c1nc2cccc(Cl)c2c(=O)n1-c1cc(F)cc(F)c1. The molecular formula is C22H15ClF2N8O. The second-order valence-electron chi connectivity index (χ2n) is 7.65. The summed E-state index contributed by atoms with van der Waals surface area (Å²) in [6, 6.07) is 8.95. The summed E-state index contributed by atoms with van der Waals surface area (Å²) < 4.78 is 29.3. The van der Waals surface area contributed by atoms with Gasteiger partial charge in [-0.3, -0.25) is 9.36 Å². The molecular weight excluding hydrogens is 466 g/mol. The van der Waals surface area contributed by atoms with Crippen molar-refractivity contribution >= 4 is 40.1 Å². The molecule has 12 heteroatoms. The van der Waals surface area contributed by atoms with Gasteiger partial charge in [0, 0.05) is 12.6 Å². The first-order valence-corrected chi connectivity index (χ1v) is 10.4. The molecule has 34 heavy (non-hydrogen) atoms. The number of benzene rings is 2. The third-order valence-electron chi connectivity index (χ3n) is 5.61. The number of rotatable bonds is 3. The lowest BCUT2D eigenvalue weighted by Gasteiger charge is -2.42. The largest absolute Gasteiger partial charge is 0.382 e. The van der Waals surface area contributed by atoms with Crippen molar-refractivity contribution in [3.05, 3.63) is 74.8 Å². The zero-order valence-electron chi connectivity index (χ0n) is 17.3. The first-order valence-electron chi connectivity index (χ1n) is 10.1. The second-order valence-corrected chi connectivity index (χ2v) is 8.05. The maximum Gasteiger partial charge on any atom is 0.267 e. The number of nitrogens with zero attached hydrogens (tertiary/aromatic N) is 6. The number of aromatic nitrogens is 4. The molecule has 0 unspecified atom stereocenters. The van der Waals surface area contributed by atoms with Gasteiger partial charge < -0.3 is 16.4 Å². The minimum absolute atomic E-state index is 0.0217. The minimum Gasteiger partial charge on any atom is -0.382 e. The van der Waals surface area contributed by atoms with E-state index in [0.29, 0.717) is 24.5 Å². The van der Waals surface area contributed by atoms with Gasteiger partial charge in [0.05, 0.1) is 27.7 Å². The molecule has 1 fully saturated rings. The van der Waals surface area contributed by atoms with Crippen molar-refractivity contribution in [3.8, 4) is 11.8 Å². The smallest absolute Gasteiger partial charge is 0.267 e. The quantitative estimate of drug-likeness (QED) is 0.456. The Hall–Kier alpha value is -4.30. The number of nitrogens with two attached hydrogens (primary N) is 2. The highest BCUT2D eigenvalue weighted by molar-refractivity contribution is 6.35. The van der Waals surface area contributed by atoms with Gasteiger partial charge >= 0.3 is 0 Å². The lowest BCUT2D eigenvalue weighted by Crippen LogP contribution is -2.45. The Labute approximate surface area is 195 Å². The van der Waals surface area contributed by atoms with Crippen LogP contribution in [0.3, 0.4) is 0 Å². The standard InChI is InChI=1S/C22H15ClF2N8O/c23-14-2-1-3-15-17(14)21(34)33(12-7-10(24)6-11(25)8-12)20(29-15)16-4-5-32(16)19-13(9-26)18(27)30-22(28)31-19/h1-3,6-8,16H,4-5H2,(H4,27,28,30,31)/t16-/m0/s1. The third-order valence-corrected chi connectivity index (χ3v) is 5.93. The number of anilines is 3. The molecule has 9 nitrogen and oxygen atoms in total. The minimum atomic E-state index is -0.860. The van der Waals surface area contributed by atoms with Gasteiger partial charge in [-0.1, -0.05) is 17.7 Å². The number of fused-ring (bicyclic) bond motifs is 1. The van der Waals surface area contributed by atoms with Gasteiger partial charge in [-0.15, -0.1) is 0 Å². The fraction of sp³-hybridized carbons (Fsp3) is 0.136. The molecule has 0 radical (unpaired) electrons. The van der Waals surface area contributed by atoms with Gasteiger partial charge in [0.1, 0.15) is 34.9 Å². The van der Waals surface area contributed by atoms with Crippen LogP contribution in [0.1, 0.15) is 23.9 Å². The van der Waals surface area contributed by atoms with Crippen LogP contribution in [-0.4, -0.2) is 26.1 Å². The van der Waals surface area contributed by atoms with E-state index in [4.69, 9.17) is 23.1 Å². The molecule has 0 spiro atoms. The van der Waals surface area contributed by atoms with Crippen molar-refractivity contribution in [2.45, 2.75) is 12.5 Å². The maximum absolute atomic E-state index is 14.1. The molecule has 2 aromatic heterocycles. The Bertz CT molecular complexity index is 1560. The summed E-state index contributed by atoms with van der Waals surface area (Å²) in [4.78, 5) is 27.9. The highest BCUT2D eigenvalue weighted by Crippen LogP contribution is 2.39. The highest BCUT2D eigenvalue weighted by atomic mass is 35.5. The van der Waals surface area contributed by atoms with Crippen molar-refractivity contribution in [2.75, 3.05) is 22.9 Å². The predicted octanol–water partition coefficient (Wildman–Crippen LogP) is 3.09. The van der Waals surface area contributed by atoms with Crippen LogP contribution in [-0.2, 0) is 0 Å². The van der Waals surface area contributed by atoms with Gasteiger partial charge in [-0.25, -0.2) is 13.8 Å². The van der Waals surface area contributed by atoms with Crippen LogP contribution in [0.15, 0.2) is 41.2 Å². The molecule has 4 aromatic rings. The Morgan fingerprint density at radius 1 is 1.12 bits per heavy atom. The average molecular weight is 481 g/mol. The van der Waals surface area contributed by atoms with Crippen LogP contribution in [0.4, 0.5) is 26.4 Å². The maximum atomic E-state index is 14.1. The van der Waals surface area contributed by atoms with Crippen molar-refractivity contribution in [1.29, 1.82) is 5.26 Å². The Kier molecular flexibility index (Phi) is 5.02.